The molecule has 1 aromatic carbocycles. The van der Waals surface area contributed by atoms with E-state index in [1.807, 2.05) is 24.3 Å². The predicted octanol–water partition coefficient (Wildman–Crippen LogP) is 1.02. The molecule has 1 fully saturated rings. The van der Waals surface area contributed by atoms with Gasteiger partial charge in [-0.25, -0.2) is 0 Å². The Morgan fingerprint density at radius 2 is 2.00 bits per heavy atom. The molecular formula is C13H20N2O2. The summed E-state index contributed by atoms with van der Waals surface area (Å²) in [5, 5.41) is 10.1. The van der Waals surface area contributed by atoms with Crippen LogP contribution in [0.15, 0.2) is 24.3 Å². The number of hydrogen-bond acceptors (Lipinski definition) is 4. The fourth-order valence-electron chi connectivity index (χ4n) is 2.05. The van der Waals surface area contributed by atoms with Gasteiger partial charge >= 0.3 is 0 Å². The molecule has 4 nitrogen and oxygen atoms in total. The van der Waals surface area contributed by atoms with Crippen LogP contribution in [0.4, 0.5) is 5.69 Å². The fraction of sp³-hybridized carbons (Fsp3) is 0.538. The molecule has 17 heavy (non-hydrogen) atoms. The number of aliphatic hydroxyl groups excluding tert-OH is 1. The lowest BCUT2D eigenvalue weighted by Crippen LogP contribution is -2.31. The first-order valence-corrected chi connectivity index (χ1v) is 6.09. The molecular weight excluding hydrogens is 216 g/mol. The summed E-state index contributed by atoms with van der Waals surface area (Å²) in [5.41, 5.74) is 7.27. The van der Waals surface area contributed by atoms with Crippen LogP contribution in [0.3, 0.4) is 0 Å². The van der Waals surface area contributed by atoms with Crippen molar-refractivity contribution in [3.8, 4) is 0 Å². The smallest absolute Gasteiger partial charge is 0.0916 e. The van der Waals surface area contributed by atoms with Crippen molar-refractivity contribution in [1.29, 1.82) is 0 Å². The second-order valence-corrected chi connectivity index (χ2v) is 4.45. The monoisotopic (exact) mass is 236 g/mol. The minimum atomic E-state index is -0.450. The number of benzene rings is 1. The number of β-amino-alcohol motifs (C(OH)–C–C–N with tert-alkyl or cyclic N) is 1. The van der Waals surface area contributed by atoms with Crippen LogP contribution in [0, 0.1) is 0 Å². The number of nitrogens with zero attached hydrogens (tertiary/aromatic N) is 1. The number of ether oxygens (including phenoxy) is 1. The lowest BCUT2D eigenvalue weighted by molar-refractivity contribution is 0.103. The lowest BCUT2D eigenvalue weighted by Gasteiger charge is -2.22. The Morgan fingerprint density at radius 1 is 1.24 bits per heavy atom. The van der Waals surface area contributed by atoms with Gasteiger partial charge in [0.05, 0.1) is 12.7 Å². The van der Waals surface area contributed by atoms with Crippen LogP contribution in [0.1, 0.15) is 18.1 Å². The van der Waals surface area contributed by atoms with E-state index in [4.69, 9.17) is 10.5 Å². The standard InChI is InChI=1S/C13H20N2O2/c14-12-4-2-11(3-5-12)13(16)10-15-6-1-8-17-9-7-15/h2-5,13,16H,1,6-10,14H2. The van der Waals surface area contributed by atoms with E-state index in [1.54, 1.807) is 0 Å². The fourth-order valence-corrected chi connectivity index (χ4v) is 2.05. The molecule has 1 aliphatic heterocycles. The first-order valence-electron chi connectivity index (χ1n) is 6.09. The van der Waals surface area contributed by atoms with Gasteiger partial charge < -0.3 is 15.6 Å². The quantitative estimate of drug-likeness (QED) is 0.769. The summed E-state index contributed by atoms with van der Waals surface area (Å²) in [6.45, 7) is 4.13. The van der Waals surface area contributed by atoms with Crippen molar-refractivity contribution in [2.75, 3.05) is 38.6 Å². The topological polar surface area (TPSA) is 58.7 Å². The first kappa shape index (κ1) is 12.4. The number of hydrogen-bond donors (Lipinski definition) is 2. The van der Waals surface area contributed by atoms with Crippen LogP contribution in [0.25, 0.3) is 0 Å². The first-order chi connectivity index (χ1) is 8.25. The third-order valence-electron chi connectivity index (χ3n) is 3.07. The molecule has 1 unspecified atom stereocenters. The van der Waals surface area contributed by atoms with Crippen LogP contribution < -0.4 is 5.73 Å². The van der Waals surface area contributed by atoms with Crippen molar-refractivity contribution in [2.24, 2.45) is 0 Å². The molecule has 94 valence electrons. The summed E-state index contributed by atoms with van der Waals surface area (Å²) in [4.78, 5) is 2.24. The maximum atomic E-state index is 10.1. The zero-order valence-electron chi connectivity index (χ0n) is 10.0. The van der Waals surface area contributed by atoms with E-state index in [1.165, 1.54) is 0 Å². The zero-order valence-corrected chi connectivity index (χ0v) is 10.0. The van der Waals surface area contributed by atoms with Crippen LogP contribution in [-0.2, 0) is 4.74 Å². The molecule has 1 heterocycles. The Kier molecular flexibility index (Phi) is 4.36. The van der Waals surface area contributed by atoms with E-state index < -0.39 is 6.10 Å². The van der Waals surface area contributed by atoms with Gasteiger partial charge in [0.1, 0.15) is 0 Å². The molecule has 3 N–H and O–H groups in total. The number of aliphatic hydroxyl groups is 1. The van der Waals surface area contributed by atoms with Gasteiger partial charge in [-0.15, -0.1) is 0 Å². The Hall–Kier alpha value is -1.10. The summed E-state index contributed by atoms with van der Waals surface area (Å²) >= 11 is 0. The Morgan fingerprint density at radius 3 is 2.76 bits per heavy atom. The van der Waals surface area contributed by atoms with Crippen LogP contribution in [-0.4, -0.2) is 42.9 Å². The second-order valence-electron chi connectivity index (χ2n) is 4.45. The number of rotatable bonds is 3. The molecule has 1 saturated heterocycles. The van der Waals surface area contributed by atoms with Crippen molar-refractivity contribution in [1.82, 2.24) is 4.90 Å². The summed E-state index contributed by atoms with van der Waals surface area (Å²) in [5.74, 6) is 0. The van der Waals surface area contributed by atoms with Crippen molar-refractivity contribution in [2.45, 2.75) is 12.5 Å². The highest BCUT2D eigenvalue weighted by Crippen LogP contribution is 2.16. The number of nitrogens with two attached hydrogens (primary N) is 1. The minimum absolute atomic E-state index is 0.450. The highest BCUT2D eigenvalue weighted by atomic mass is 16.5. The van der Waals surface area contributed by atoms with Gasteiger partial charge in [-0.3, -0.25) is 4.90 Å². The number of nitrogen functional groups attached to an aromatic ring is 1. The molecule has 0 amide bonds. The minimum Gasteiger partial charge on any atom is -0.399 e. The van der Waals surface area contributed by atoms with Crippen LogP contribution >= 0.6 is 0 Å². The average Bonchev–Trinajstić information content (AvgIpc) is 2.58. The highest BCUT2D eigenvalue weighted by molar-refractivity contribution is 5.39. The molecule has 0 aliphatic carbocycles. The third kappa shape index (κ3) is 3.70. The Balaban J connectivity index is 1.91. The molecule has 4 heteroatoms. The lowest BCUT2D eigenvalue weighted by atomic mass is 10.1. The third-order valence-corrected chi connectivity index (χ3v) is 3.07. The van der Waals surface area contributed by atoms with E-state index in [2.05, 4.69) is 4.90 Å². The number of anilines is 1. The zero-order chi connectivity index (χ0) is 12.1. The van der Waals surface area contributed by atoms with Crippen LogP contribution in [0.5, 0.6) is 0 Å². The van der Waals surface area contributed by atoms with Gasteiger partial charge in [-0.2, -0.15) is 0 Å². The molecule has 0 spiro atoms. The molecule has 0 bridgehead atoms. The van der Waals surface area contributed by atoms with E-state index in [-0.39, 0.29) is 0 Å². The Bertz CT molecular complexity index is 332. The van der Waals surface area contributed by atoms with Gasteiger partial charge in [0, 0.05) is 31.9 Å². The van der Waals surface area contributed by atoms with Crippen LogP contribution in [0.2, 0.25) is 0 Å². The highest BCUT2D eigenvalue weighted by Gasteiger charge is 2.15. The summed E-state index contributed by atoms with van der Waals surface area (Å²) < 4.78 is 5.39. The molecule has 0 aromatic heterocycles. The maximum Gasteiger partial charge on any atom is 0.0916 e. The molecule has 1 atom stereocenters. The molecule has 0 radical (unpaired) electrons. The average molecular weight is 236 g/mol. The van der Waals surface area contributed by atoms with Gasteiger partial charge in [-0.1, -0.05) is 12.1 Å². The Labute approximate surface area is 102 Å². The summed E-state index contributed by atoms with van der Waals surface area (Å²) in [6, 6.07) is 7.41. The molecule has 1 aliphatic rings. The van der Waals surface area contributed by atoms with Crippen molar-refractivity contribution in [3.05, 3.63) is 29.8 Å². The van der Waals surface area contributed by atoms with Gasteiger partial charge in [0.25, 0.3) is 0 Å². The van der Waals surface area contributed by atoms with Crippen molar-refractivity contribution < 1.29 is 9.84 Å². The normalized spacial score (nSPS) is 19.8. The summed E-state index contributed by atoms with van der Waals surface area (Å²) in [7, 11) is 0. The maximum absolute atomic E-state index is 10.1. The van der Waals surface area contributed by atoms with Crippen molar-refractivity contribution in [3.63, 3.8) is 0 Å². The second kappa shape index (κ2) is 6.00. The van der Waals surface area contributed by atoms with E-state index in [0.29, 0.717) is 6.54 Å². The van der Waals surface area contributed by atoms with Gasteiger partial charge in [0.2, 0.25) is 0 Å². The van der Waals surface area contributed by atoms with E-state index >= 15 is 0 Å². The van der Waals surface area contributed by atoms with E-state index in [9.17, 15) is 5.11 Å². The summed E-state index contributed by atoms with van der Waals surface area (Å²) in [6.07, 6.45) is 0.586. The van der Waals surface area contributed by atoms with Crippen molar-refractivity contribution >= 4 is 5.69 Å². The predicted molar refractivity (Wildman–Crippen MR) is 67.7 cm³/mol. The molecule has 2 rings (SSSR count). The van der Waals surface area contributed by atoms with Gasteiger partial charge in [0.15, 0.2) is 0 Å². The van der Waals surface area contributed by atoms with Gasteiger partial charge in [-0.05, 0) is 24.1 Å². The SMILES string of the molecule is Nc1ccc(C(O)CN2CCCOCC2)cc1. The molecule has 0 saturated carbocycles. The molecule has 1 aromatic rings. The van der Waals surface area contributed by atoms with E-state index in [0.717, 1.165) is 44.0 Å². The largest absolute Gasteiger partial charge is 0.399 e.